The van der Waals surface area contributed by atoms with E-state index in [0.717, 1.165) is 5.56 Å². The van der Waals surface area contributed by atoms with Crippen molar-refractivity contribution in [1.82, 2.24) is 24.3 Å². The number of aromatic nitrogens is 5. The number of halogens is 2. The molecule has 1 saturated heterocycles. The standard InChI is InChI=1S/C24H22ClFN6O2/c1-4-32-12-15(11-27-32)20-13-31(7-8-34-20)21-10-19-22(24(33)30(3)14(2)28-19)23(29-21)17-6-5-16(25)9-18(17)26/h4-6,9-12,20H,1,7-8,13H2,2-3H3/t20-/m1/s1. The second-order valence-corrected chi connectivity index (χ2v) is 8.55. The van der Waals surface area contributed by atoms with E-state index in [1.807, 2.05) is 11.1 Å². The summed E-state index contributed by atoms with van der Waals surface area (Å²) < 4.78 is 24.0. The molecule has 5 rings (SSSR count). The van der Waals surface area contributed by atoms with Gasteiger partial charge < -0.3 is 9.64 Å². The maximum absolute atomic E-state index is 15.0. The summed E-state index contributed by atoms with van der Waals surface area (Å²) in [4.78, 5) is 24.6. The van der Waals surface area contributed by atoms with E-state index >= 15 is 0 Å². The fraction of sp³-hybridized carbons (Fsp3) is 0.250. The molecule has 10 heteroatoms. The number of pyridine rings is 1. The van der Waals surface area contributed by atoms with E-state index < -0.39 is 5.82 Å². The van der Waals surface area contributed by atoms with Crippen LogP contribution >= 0.6 is 11.6 Å². The summed E-state index contributed by atoms with van der Waals surface area (Å²) in [5.74, 6) is 0.577. The van der Waals surface area contributed by atoms with Crippen LogP contribution in [0.2, 0.25) is 5.02 Å². The first kappa shape index (κ1) is 22.2. The highest BCUT2D eigenvalue weighted by Gasteiger charge is 2.26. The monoisotopic (exact) mass is 480 g/mol. The summed E-state index contributed by atoms with van der Waals surface area (Å²) in [7, 11) is 1.63. The molecular weight excluding hydrogens is 459 g/mol. The van der Waals surface area contributed by atoms with Crippen LogP contribution in [0.1, 0.15) is 17.5 Å². The lowest BCUT2D eigenvalue weighted by Gasteiger charge is -2.33. The summed E-state index contributed by atoms with van der Waals surface area (Å²) >= 11 is 5.97. The Hall–Kier alpha value is -3.56. The molecule has 4 aromatic rings. The average molecular weight is 481 g/mol. The molecule has 174 valence electrons. The van der Waals surface area contributed by atoms with Crippen LogP contribution in [-0.4, -0.2) is 44.0 Å². The van der Waals surface area contributed by atoms with Gasteiger partial charge in [0.1, 0.15) is 23.6 Å². The minimum absolute atomic E-state index is 0.191. The smallest absolute Gasteiger partial charge is 0.263 e. The van der Waals surface area contributed by atoms with Crippen molar-refractivity contribution in [2.45, 2.75) is 13.0 Å². The van der Waals surface area contributed by atoms with Gasteiger partial charge in [-0.3, -0.25) is 9.36 Å². The first-order valence-electron chi connectivity index (χ1n) is 10.7. The largest absolute Gasteiger partial charge is 0.370 e. The summed E-state index contributed by atoms with van der Waals surface area (Å²) in [6.07, 6.45) is 4.98. The van der Waals surface area contributed by atoms with E-state index in [2.05, 4.69) is 16.7 Å². The molecule has 0 amide bonds. The van der Waals surface area contributed by atoms with Gasteiger partial charge in [0.15, 0.2) is 0 Å². The summed E-state index contributed by atoms with van der Waals surface area (Å²) in [6, 6.07) is 6.10. The van der Waals surface area contributed by atoms with Gasteiger partial charge in [-0.25, -0.2) is 19.0 Å². The molecule has 0 saturated carbocycles. The Kier molecular flexibility index (Phi) is 5.66. The number of hydrogen-bond acceptors (Lipinski definition) is 6. The van der Waals surface area contributed by atoms with Crippen LogP contribution in [0, 0.1) is 12.7 Å². The molecule has 0 spiro atoms. The molecule has 0 bridgehead atoms. The highest BCUT2D eigenvalue weighted by molar-refractivity contribution is 6.30. The highest BCUT2D eigenvalue weighted by Crippen LogP contribution is 2.32. The van der Waals surface area contributed by atoms with Gasteiger partial charge in [0.05, 0.1) is 29.4 Å². The van der Waals surface area contributed by atoms with Crippen LogP contribution in [-0.2, 0) is 11.8 Å². The highest BCUT2D eigenvalue weighted by atomic mass is 35.5. The molecule has 34 heavy (non-hydrogen) atoms. The Morgan fingerprint density at radius 3 is 2.85 bits per heavy atom. The molecule has 0 aliphatic carbocycles. The van der Waals surface area contributed by atoms with E-state index in [1.54, 1.807) is 43.2 Å². The van der Waals surface area contributed by atoms with E-state index in [1.165, 1.54) is 16.7 Å². The zero-order valence-corrected chi connectivity index (χ0v) is 19.5. The summed E-state index contributed by atoms with van der Waals surface area (Å²) in [5, 5.41) is 4.75. The minimum atomic E-state index is -0.558. The maximum Gasteiger partial charge on any atom is 0.263 e. The van der Waals surface area contributed by atoms with Crippen LogP contribution in [0.4, 0.5) is 10.2 Å². The average Bonchev–Trinajstić information content (AvgIpc) is 3.31. The second-order valence-electron chi connectivity index (χ2n) is 8.11. The quantitative estimate of drug-likeness (QED) is 0.440. The fourth-order valence-electron chi connectivity index (χ4n) is 4.10. The maximum atomic E-state index is 15.0. The van der Waals surface area contributed by atoms with Gasteiger partial charge in [-0.1, -0.05) is 18.2 Å². The van der Waals surface area contributed by atoms with Gasteiger partial charge >= 0.3 is 0 Å². The Labute approximate surface area is 199 Å². The van der Waals surface area contributed by atoms with Crippen molar-refractivity contribution in [2.24, 2.45) is 7.05 Å². The van der Waals surface area contributed by atoms with Gasteiger partial charge in [0.25, 0.3) is 5.56 Å². The third-order valence-electron chi connectivity index (χ3n) is 6.03. The lowest BCUT2D eigenvalue weighted by molar-refractivity contribution is 0.0395. The molecule has 0 N–H and O–H groups in total. The van der Waals surface area contributed by atoms with Crippen LogP contribution in [0.5, 0.6) is 0 Å². The molecule has 3 aromatic heterocycles. The summed E-state index contributed by atoms with van der Waals surface area (Å²) in [6.45, 7) is 7.03. The van der Waals surface area contributed by atoms with Gasteiger partial charge in [-0.05, 0) is 25.1 Å². The lowest BCUT2D eigenvalue weighted by Crippen LogP contribution is -2.39. The molecule has 0 unspecified atom stereocenters. The van der Waals surface area contributed by atoms with Gasteiger partial charge in [0.2, 0.25) is 0 Å². The topological polar surface area (TPSA) is 78.1 Å². The van der Waals surface area contributed by atoms with Crippen molar-refractivity contribution in [3.05, 3.63) is 75.8 Å². The first-order valence-corrected chi connectivity index (χ1v) is 11.1. The molecule has 1 aromatic carbocycles. The lowest BCUT2D eigenvalue weighted by atomic mass is 10.1. The number of fused-ring (bicyclic) bond motifs is 1. The number of morpholine rings is 1. The Balaban J connectivity index is 1.65. The molecule has 1 aliphatic heterocycles. The molecule has 1 aliphatic rings. The predicted octanol–water partition coefficient (Wildman–Crippen LogP) is 3.97. The van der Waals surface area contributed by atoms with E-state index in [-0.39, 0.29) is 33.3 Å². The normalized spacial score (nSPS) is 16.2. The van der Waals surface area contributed by atoms with Gasteiger partial charge in [0, 0.05) is 54.7 Å². The Morgan fingerprint density at radius 1 is 1.29 bits per heavy atom. The first-order chi connectivity index (χ1) is 16.4. The molecule has 1 fully saturated rings. The van der Waals surface area contributed by atoms with E-state index in [0.29, 0.717) is 36.9 Å². The van der Waals surface area contributed by atoms with E-state index in [4.69, 9.17) is 21.3 Å². The number of ether oxygens (including phenoxy) is 1. The third-order valence-corrected chi connectivity index (χ3v) is 6.26. The fourth-order valence-corrected chi connectivity index (χ4v) is 4.26. The Morgan fingerprint density at radius 2 is 2.12 bits per heavy atom. The second kappa shape index (κ2) is 8.66. The SMILES string of the molecule is C=Cn1cc([C@H]2CN(c3cc4nc(C)n(C)c(=O)c4c(-c4ccc(Cl)cc4F)n3)CCO2)cn1. The number of benzene rings is 1. The van der Waals surface area contributed by atoms with Crippen LogP contribution in [0.15, 0.2) is 48.0 Å². The molecule has 1 atom stereocenters. The van der Waals surface area contributed by atoms with Crippen molar-refractivity contribution >= 4 is 34.5 Å². The molecular formula is C24H22ClFN6O2. The van der Waals surface area contributed by atoms with Crippen molar-refractivity contribution in [3.8, 4) is 11.3 Å². The predicted molar refractivity (Wildman–Crippen MR) is 129 cm³/mol. The number of aryl methyl sites for hydroxylation is 1. The van der Waals surface area contributed by atoms with Gasteiger partial charge in [-0.2, -0.15) is 5.10 Å². The number of rotatable bonds is 4. The molecule has 8 nitrogen and oxygen atoms in total. The minimum Gasteiger partial charge on any atom is -0.370 e. The zero-order chi connectivity index (χ0) is 24.0. The Bertz CT molecular complexity index is 1480. The number of hydrogen-bond donors (Lipinski definition) is 0. The van der Waals surface area contributed by atoms with Crippen molar-refractivity contribution in [1.29, 1.82) is 0 Å². The van der Waals surface area contributed by atoms with Crippen molar-refractivity contribution in [2.75, 3.05) is 24.6 Å². The molecule has 4 heterocycles. The summed E-state index contributed by atoms with van der Waals surface area (Å²) in [5.41, 5.74) is 1.51. The van der Waals surface area contributed by atoms with E-state index in [9.17, 15) is 9.18 Å². The van der Waals surface area contributed by atoms with Crippen LogP contribution < -0.4 is 10.5 Å². The number of anilines is 1. The third kappa shape index (κ3) is 3.86. The van der Waals surface area contributed by atoms with Crippen LogP contribution in [0.3, 0.4) is 0 Å². The van der Waals surface area contributed by atoms with Crippen molar-refractivity contribution in [3.63, 3.8) is 0 Å². The zero-order valence-electron chi connectivity index (χ0n) is 18.7. The number of nitrogens with zero attached hydrogens (tertiary/aromatic N) is 6. The van der Waals surface area contributed by atoms with Crippen LogP contribution in [0.25, 0.3) is 28.4 Å². The van der Waals surface area contributed by atoms with Crippen molar-refractivity contribution < 1.29 is 9.13 Å². The molecule has 0 radical (unpaired) electrons. The van der Waals surface area contributed by atoms with Gasteiger partial charge in [-0.15, -0.1) is 0 Å².